The molecular formula is C17H23F3O. The van der Waals surface area contributed by atoms with Crippen LogP contribution in [0.4, 0.5) is 13.2 Å². The lowest BCUT2D eigenvalue weighted by Crippen LogP contribution is -2.20. The van der Waals surface area contributed by atoms with Gasteiger partial charge in [-0.1, -0.05) is 39.0 Å². The van der Waals surface area contributed by atoms with Crippen LogP contribution in [0.3, 0.4) is 0 Å². The van der Waals surface area contributed by atoms with Gasteiger partial charge in [-0.2, -0.15) is 0 Å². The van der Waals surface area contributed by atoms with Gasteiger partial charge in [0, 0.05) is 12.1 Å². The minimum atomic E-state index is -1.45. The lowest BCUT2D eigenvalue weighted by Gasteiger charge is -2.28. The SMILES string of the molecule is CCCC[C@H]1CC[C@H](COc2cc(F)c(F)c(F)c2)CC1. The molecule has 4 heteroatoms. The topological polar surface area (TPSA) is 9.23 Å². The molecule has 1 aromatic rings. The molecule has 2 rings (SSSR count). The Morgan fingerprint density at radius 3 is 2.14 bits per heavy atom. The third-order valence-electron chi connectivity index (χ3n) is 4.38. The van der Waals surface area contributed by atoms with Gasteiger partial charge in [0.25, 0.3) is 0 Å². The van der Waals surface area contributed by atoms with E-state index in [1.165, 1.54) is 32.1 Å². The molecular weight excluding hydrogens is 277 g/mol. The zero-order valence-electron chi connectivity index (χ0n) is 12.5. The van der Waals surface area contributed by atoms with Crippen molar-refractivity contribution in [1.82, 2.24) is 0 Å². The highest BCUT2D eigenvalue weighted by molar-refractivity contribution is 5.25. The fourth-order valence-electron chi connectivity index (χ4n) is 3.01. The average molecular weight is 300 g/mol. The van der Waals surface area contributed by atoms with Crippen molar-refractivity contribution < 1.29 is 17.9 Å². The van der Waals surface area contributed by atoms with E-state index in [1.807, 2.05) is 0 Å². The standard InChI is InChI=1S/C17H23F3O/c1-2-3-4-12-5-7-13(8-6-12)11-21-14-9-15(18)17(20)16(19)10-14/h9-10,12-13H,2-8,11H2,1H3/t12-,13-. The lowest BCUT2D eigenvalue weighted by atomic mass is 9.80. The molecule has 1 fully saturated rings. The van der Waals surface area contributed by atoms with Gasteiger partial charge >= 0.3 is 0 Å². The molecule has 1 nitrogen and oxygen atoms in total. The quantitative estimate of drug-likeness (QED) is 0.632. The average Bonchev–Trinajstić information content (AvgIpc) is 2.49. The Hall–Kier alpha value is -1.19. The summed E-state index contributed by atoms with van der Waals surface area (Å²) < 4.78 is 44.4. The van der Waals surface area contributed by atoms with Gasteiger partial charge < -0.3 is 4.74 Å². The van der Waals surface area contributed by atoms with E-state index in [0.29, 0.717) is 12.5 Å². The smallest absolute Gasteiger partial charge is 0.194 e. The number of hydrogen-bond donors (Lipinski definition) is 0. The number of benzene rings is 1. The number of ether oxygens (including phenoxy) is 1. The fraction of sp³-hybridized carbons (Fsp3) is 0.647. The minimum absolute atomic E-state index is 0.0690. The highest BCUT2D eigenvalue weighted by Gasteiger charge is 2.21. The van der Waals surface area contributed by atoms with Crippen molar-refractivity contribution in [3.8, 4) is 5.75 Å². The fourth-order valence-corrected chi connectivity index (χ4v) is 3.01. The van der Waals surface area contributed by atoms with Crippen LogP contribution in [-0.4, -0.2) is 6.61 Å². The number of halogens is 3. The van der Waals surface area contributed by atoms with Crippen molar-refractivity contribution in [3.63, 3.8) is 0 Å². The van der Waals surface area contributed by atoms with Crippen LogP contribution in [0, 0.1) is 29.3 Å². The molecule has 0 atom stereocenters. The molecule has 0 bridgehead atoms. The van der Waals surface area contributed by atoms with Gasteiger partial charge in [0.05, 0.1) is 6.61 Å². The minimum Gasteiger partial charge on any atom is -0.493 e. The van der Waals surface area contributed by atoms with E-state index in [1.54, 1.807) is 0 Å². The van der Waals surface area contributed by atoms with Crippen LogP contribution < -0.4 is 4.74 Å². The van der Waals surface area contributed by atoms with Crippen LogP contribution in [0.25, 0.3) is 0 Å². The maximum absolute atomic E-state index is 13.1. The normalized spacial score (nSPS) is 22.3. The molecule has 1 aliphatic rings. The Morgan fingerprint density at radius 1 is 1.00 bits per heavy atom. The molecule has 0 saturated heterocycles. The summed E-state index contributed by atoms with van der Waals surface area (Å²) in [7, 11) is 0. The molecule has 0 heterocycles. The van der Waals surface area contributed by atoms with Gasteiger partial charge in [0.2, 0.25) is 0 Å². The van der Waals surface area contributed by atoms with Crippen molar-refractivity contribution in [1.29, 1.82) is 0 Å². The van der Waals surface area contributed by atoms with Crippen molar-refractivity contribution >= 4 is 0 Å². The summed E-state index contributed by atoms with van der Waals surface area (Å²) in [4.78, 5) is 0. The maximum atomic E-state index is 13.1. The summed E-state index contributed by atoms with van der Waals surface area (Å²) >= 11 is 0. The molecule has 21 heavy (non-hydrogen) atoms. The highest BCUT2D eigenvalue weighted by Crippen LogP contribution is 2.32. The Morgan fingerprint density at radius 2 is 1.57 bits per heavy atom. The second-order valence-electron chi connectivity index (χ2n) is 6.04. The predicted octanol–water partition coefficient (Wildman–Crippen LogP) is 5.48. The van der Waals surface area contributed by atoms with Crippen LogP contribution in [0.2, 0.25) is 0 Å². The van der Waals surface area contributed by atoms with Crippen molar-refractivity contribution in [2.45, 2.75) is 51.9 Å². The molecule has 0 radical (unpaired) electrons. The second kappa shape index (κ2) is 7.71. The van der Waals surface area contributed by atoms with Gasteiger partial charge in [0.1, 0.15) is 5.75 Å². The summed E-state index contributed by atoms with van der Waals surface area (Å²) in [5.74, 6) is -2.53. The third kappa shape index (κ3) is 4.65. The summed E-state index contributed by atoms with van der Waals surface area (Å²) in [6.07, 6.45) is 8.45. The van der Waals surface area contributed by atoms with Gasteiger partial charge in [-0.3, -0.25) is 0 Å². The first-order chi connectivity index (χ1) is 10.1. The van der Waals surface area contributed by atoms with Crippen LogP contribution in [0.15, 0.2) is 12.1 Å². The third-order valence-corrected chi connectivity index (χ3v) is 4.38. The number of unbranched alkanes of at least 4 members (excludes halogenated alkanes) is 1. The van der Waals surface area contributed by atoms with E-state index in [2.05, 4.69) is 6.92 Å². The molecule has 0 aliphatic heterocycles. The van der Waals surface area contributed by atoms with Gasteiger partial charge in [0.15, 0.2) is 17.5 Å². The maximum Gasteiger partial charge on any atom is 0.194 e. The van der Waals surface area contributed by atoms with Crippen LogP contribution >= 0.6 is 0 Å². The van der Waals surface area contributed by atoms with E-state index in [-0.39, 0.29) is 5.75 Å². The Labute approximate surface area is 124 Å². The molecule has 1 aliphatic carbocycles. The zero-order chi connectivity index (χ0) is 15.2. The van der Waals surface area contributed by atoms with Crippen molar-refractivity contribution in [2.75, 3.05) is 6.61 Å². The lowest BCUT2D eigenvalue weighted by molar-refractivity contribution is 0.177. The molecule has 0 amide bonds. The van der Waals surface area contributed by atoms with Gasteiger partial charge in [-0.25, -0.2) is 13.2 Å². The van der Waals surface area contributed by atoms with E-state index in [9.17, 15) is 13.2 Å². The summed E-state index contributed by atoms with van der Waals surface area (Å²) in [6.45, 7) is 2.66. The van der Waals surface area contributed by atoms with E-state index in [0.717, 1.165) is 30.9 Å². The van der Waals surface area contributed by atoms with Crippen LogP contribution in [0.5, 0.6) is 5.75 Å². The van der Waals surface area contributed by atoms with Crippen molar-refractivity contribution in [3.05, 3.63) is 29.6 Å². The molecule has 118 valence electrons. The van der Waals surface area contributed by atoms with Gasteiger partial charge in [-0.15, -0.1) is 0 Å². The Balaban J connectivity index is 1.77. The Bertz CT molecular complexity index is 430. The summed E-state index contributed by atoms with van der Waals surface area (Å²) in [5.41, 5.74) is 0. The largest absolute Gasteiger partial charge is 0.493 e. The molecule has 0 spiro atoms. The number of rotatable bonds is 6. The first-order valence-corrected chi connectivity index (χ1v) is 7.87. The Kier molecular flexibility index (Phi) is 5.95. The zero-order valence-corrected chi connectivity index (χ0v) is 12.5. The first kappa shape index (κ1) is 16.2. The number of hydrogen-bond acceptors (Lipinski definition) is 1. The van der Waals surface area contributed by atoms with Crippen molar-refractivity contribution in [2.24, 2.45) is 11.8 Å². The molecule has 0 aromatic heterocycles. The molecule has 1 aromatic carbocycles. The molecule has 0 N–H and O–H groups in total. The van der Waals surface area contributed by atoms with E-state index < -0.39 is 17.5 Å². The van der Waals surface area contributed by atoms with Crippen LogP contribution in [0.1, 0.15) is 51.9 Å². The first-order valence-electron chi connectivity index (χ1n) is 7.87. The van der Waals surface area contributed by atoms with E-state index in [4.69, 9.17) is 4.74 Å². The highest BCUT2D eigenvalue weighted by atomic mass is 19.2. The molecule has 0 unspecified atom stereocenters. The van der Waals surface area contributed by atoms with Crippen LogP contribution in [-0.2, 0) is 0 Å². The summed E-state index contributed by atoms with van der Waals surface area (Å²) in [5, 5.41) is 0. The van der Waals surface area contributed by atoms with Gasteiger partial charge in [-0.05, 0) is 24.7 Å². The monoisotopic (exact) mass is 300 g/mol. The predicted molar refractivity (Wildman–Crippen MR) is 76.8 cm³/mol. The molecule has 1 saturated carbocycles. The second-order valence-corrected chi connectivity index (χ2v) is 6.04. The summed E-state index contributed by atoms with van der Waals surface area (Å²) in [6, 6.07) is 1.82. The van der Waals surface area contributed by atoms with E-state index >= 15 is 0 Å².